The Kier molecular flexibility index (Phi) is 6.38. The van der Waals surface area contributed by atoms with E-state index in [4.69, 9.17) is 0 Å². The molecule has 2 heteroatoms. The zero-order chi connectivity index (χ0) is 13.3. The van der Waals surface area contributed by atoms with Crippen molar-refractivity contribution in [1.82, 2.24) is 10.2 Å². The Balaban J connectivity index is 1.62. The fourth-order valence-corrected chi connectivity index (χ4v) is 2.97. The van der Waals surface area contributed by atoms with Gasteiger partial charge in [0.05, 0.1) is 0 Å². The van der Waals surface area contributed by atoms with Gasteiger partial charge in [-0.1, -0.05) is 56.0 Å². The third-order valence-corrected chi connectivity index (χ3v) is 4.26. The summed E-state index contributed by atoms with van der Waals surface area (Å²) in [6, 6.07) is 11.5. The van der Waals surface area contributed by atoms with Gasteiger partial charge in [0.15, 0.2) is 0 Å². The topological polar surface area (TPSA) is 15.3 Å². The van der Waals surface area contributed by atoms with E-state index in [9.17, 15) is 0 Å². The maximum absolute atomic E-state index is 3.55. The molecular formula is C17H28N2. The predicted molar refractivity (Wildman–Crippen MR) is 82.3 cm³/mol. The zero-order valence-electron chi connectivity index (χ0n) is 12.3. The Hall–Kier alpha value is -0.860. The van der Waals surface area contributed by atoms with Crippen LogP contribution in [-0.4, -0.2) is 31.1 Å². The second-order valence-corrected chi connectivity index (χ2v) is 5.79. The Labute approximate surface area is 118 Å². The maximum Gasteiger partial charge on any atom is 0.0206 e. The van der Waals surface area contributed by atoms with E-state index in [1.165, 1.54) is 44.1 Å². The monoisotopic (exact) mass is 260 g/mol. The van der Waals surface area contributed by atoms with E-state index >= 15 is 0 Å². The van der Waals surface area contributed by atoms with E-state index in [0.29, 0.717) is 0 Å². The van der Waals surface area contributed by atoms with Gasteiger partial charge in [0, 0.05) is 25.7 Å². The molecule has 2 rings (SSSR count). The van der Waals surface area contributed by atoms with Gasteiger partial charge >= 0.3 is 0 Å². The molecule has 1 fully saturated rings. The van der Waals surface area contributed by atoms with Crippen molar-refractivity contribution >= 4 is 0 Å². The molecule has 1 N–H and O–H groups in total. The lowest BCUT2D eigenvalue weighted by atomic mass is 10.1. The number of hydrogen-bond acceptors (Lipinski definition) is 2. The molecule has 0 aromatic heterocycles. The summed E-state index contributed by atoms with van der Waals surface area (Å²) < 4.78 is 0. The van der Waals surface area contributed by atoms with Gasteiger partial charge < -0.3 is 10.2 Å². The molecule has 1 aliphatic rings. The van der Waals surface area contributed by atoms with Crippen molar-refractivity contribution in [2.75, 3.05) is 20.1 Å². The molecule has 106 valence electrons. The normalized spacial score (nSPS) is 17.6. The van der Waals surface area contributed by atoms with Gasteiger partial charge in [-0.05, 0) is 25.5 Å². The molecule has 1 aliphatic carbocycles. The summed E-state index contributed by atoms with van der Waals surface area (Å²) in [6.45, 7) is 3.23. The number of likely N-dealkylation sites (N-methyl/N-ethyl adjacent to an activating group) is 1. The Morgan fingerprint density at radius 1 is 1.05 bits per heavy atom. The van der Waals surface area contributed by atoms with Crippen molar-refractivity contribution in [2.45, 2.75) is 51.1 Å². The van der Waals surface area contributed by atoms with Crippen molar-refractivity contribution in [2.24, 2.45) is 0 Å². The highest BCUT2D eigenvalue weighted by molar-refractivity contribution is 5.14. The quantitative estimate of drug-likeness (QED) is 0.623. The van der Waals surface area contributed by atoms with Crippen LogP contribution in [0.1, 0.15) is 44.1 Å². The number of hydrogen-bond donors (Lipinski definition) is 1. The minimum Gasteiger partial charge on any atom is -0.311 e. The van der Waals surface area contributed by atoms with Gasteiger partial charge in [-0.2, -0.15) is 0 Å². The molecule has 0 unspecified atom stereocenters. The van der Waals surface area contributed by atoms with Gasteiger partial charge in [0.25, 0.3) is 0 Å². The highest BCUT2D eigenvalue weighted by Gasteiger charge is 2.15. The van der Waals surface area contributed by atoms with Crippen LogP contribution in [-0.2, 0) is 6.54 Å². The standard InChI is InChI=1S/C17H28N2/c1-19(17-11-7-2-3-8-12-17)14-13-18-15-16-9-5-4-6-10-16/h4-6,9-10,17-18H,2-3,7-8,11-15H2,1H3. The van der Waals surface area contributed by atoms with Crippen LogP contribution < -0.4 is 5.32 Å². The first-order valence-corrected chi connectivity index (χ1v) is 7.81. The van der Waals surface area contributed by atoms with Gasteiger partial charge in [-0.15, -0.1) is 0 Å². The summed E-state index contributed by atoms with van der Waals surface area (Å²) in [6.07, 6.45) is 8.52. The summed E-state index contributed by atoms with van der Waals surface area (Å²) >= 11 is 0. The van der Waals surface area contributed by atoms with Crippen LogP contribution in [0.25, 0.3) is 0 Å². The van der Waals surface area contributed by atoms with Gasteiger partial charge in [0.2, 0.25) is 0 Å². The van der Waals surface area contributed by atoms with E-state index in [1.54, 1.807) is 0 Å². The highest BCUT2D eigenvalue weighted by atomic mass is 15.1. The lowest BCUT2D eigenvalue weighted by Gasteiger charge is -2.27. The van der Waals surface area contributed by atoms with Crippen molar-refractivity contribution in [3.8, 4) is 0 Å². The molecule has 0 radical (unpaired) electrons. The molecule has 0 saturated heterocycles. The van der Waals surface area contributed by atoms with Crippen LogP contribution in [0.2, 0.25) is 0 Å². The molecule has 0 spiro atoms. The number of nitrogens with zero attached hydrogens (tertiary/aromatic N) is 1. The Bertz CT molecular complexity index is 328. The van der Waals surface area contributed by atoms with Gasteiger partial charge in [-0.25, -0.2) is 0 Å². The largest absolute Gasteiger partial charge is 0.311 e. The zero-order valence-corrected chi connectivity index (χ0v) is 12.3. The summed E-state index contributed by atoms with van der Waals surface area (Å²) in [4.78, 5) is 2.56. The fourth-order valence-electron chi connectivity index (χ4n) is 2.97. The first-order chi connectivity index (χ1) is 9.36. The van der Waals surface area contributed by atoms with Crippen LogP contribution in [0.4, 0.5) is 0 Å². The summed E-state index contributed by atoms with van der Waals surface area (Å²) in [5, 5.41) is 3.55. The molecule has 1 aromatic rings. The SMILES string of the molecule is CN(CCNCc1ccccc1)C1CCCCCC1. The first-order valence-electron chi connectivity index (χ1n) is 7.81. The fraction of sp³-hybridized carbons (Fsp3) is 0.647. The Morgan fingerprint density at radius 3 is 2.42 bits per heavy atom. The highest BCUT2D eigenvalue weighted by Crippen LogP contribution is 2.20. The number of benzene rings is 1. The molecule has 2 nitrogen and oxygen atoms in total. The molecule has 1 saturated carbocycles. The van der Waals surface area contributed by atoms with E-state index in [-0.39, 0.29) is 0 Å². The predicted octanol–water partition coefficient (Wildman–Crippen LogP) is 3.43. The Morgan fingerprint density at radius 2 is 1.74 bits per heavy atom. The average Bonchev–Trinajstić information content (AvgIpc) is 2.73. The summed E-state index contributed by atoms with van der Waals surface area (Å²) in [7, 11) is 2.29. The van der Waals surface area contributed by atoms with Crippen LogP contribution in [0, 0.1) is 0 Å². The molecular weight excluding hydrogens is 232 g/mol. The minimum atomic E-state index is 0.820. The van der Waals surface area contributed by atoms with Crippen molar-refractivity contribution in [3.05, 3.63) is 35.9 Å². The van der Waals surface area contributed by atoms with Crippen LogP contribution in [0.15, 0.2) is 30.3 Å². The van der Waals surface area contributed by atoms with E-state index in [1.807, 2.05) is 0 Å². The van der Waals surface area contributed by atoms with Crippen molar-refractivity contribution < 1.29 is 0 Å². The number of nitrogens with one attached hydrogen (secondary N) is 1. The molecule has 0 heterocycles. The lowest BCUT2D eigenvalue weighted by Crippen LogP contribution is -2.36. The smallest absolute Gasteiger partial charge is 0.0206 e. The molecule has 0 bridgehead atoms. The van der Waals surface area contributed by atoms with E-state index < -0.39 is 0 Å². The van der Waals surface area contributed by atoms with Crippen LogP contribution in [0.3, 0.4) is 0 Å². The molecule has 19 heavy (non-hydrogen) atoms. The van der Waals surface area contributed by atoms with Crippen LogP contribution in [0.5, 0.6) is 0 Å². The molecule has 0 aliphatic heterocycles. The van der Waals surface area contributed by atoms with Gasteiger partial charge in [-0.3, -0.25) is 0 Å². The first kappa shape index (κ1) is 14.5. The maximum atomic E-state index is 3.55. The molecule has 1 aromatic carbocycles. The lowest BCUT2D eigenvalue weighted by molar-refractivity contribution is 0.221. The number of rotatable bonds is 6. The molecule has 0 atom stereocenters. The molecule has 0 amide bonds. The minimum absolute atomic E-state index is 0.820. The summed E-state index contributed by atoms with van der Waals surface area (Å²) in [5.74, 6) is 0. The third kappa shape index (κ3) is 5.33. The van der Waals surface area contributed by atoms with Crippen molar-refractivity contribution in [1.29, 1.82) is 0 Å². The summed E-state index contributed by atoms with van der Waals surface area (Å²) in [5.41, 5.74) is 1.37. The average molecular weight is 260 g/mol. The van der Waals surface area contributed by atoms with E-state index in [2.05, 4.69) is 47.6 Å². The van der Waals surface area contributed by atoms with Crippen LogP contribution >= 0.6 is 0 Å². The van der Waals surface area contributed by atoms with Gasteiger partial charge in [0.1, 0.15) is 0 Å². The third-order valence-electron chi connectivity index (χ3n) is 4.26. The second-order valence-electron chi connectivity index (χ2n) is 5.79. The van der Waals surface area contributed by atoms with Crippen molar-refractivity contribution in [3.63, 3.8) is 0 Å². The van der Waals surface area contributed by atoms with E-state index in [0.717, 1.165) is 25.7 Å². The second kappa shape index (κ2) is 8.34.